The Hall–Kier alpha value is -1.08. The van der Waals surface area contributed by atoms with Crippen LogP contribution in [0, 0.1) is 17.2 Å². The SMILES string of the molecule is COC(=O)CC(C)N(CCC#N)CC(C)C. The maximum absolute atomic E-state index is 11.2. The fourth-order valence-corrected chi connectivity index (χ4v) is 1.61. The number of nitrogens with zero attached hydrogens (tertiary/aromatic N) is 2. The lowest BCUT2D eigenvalue weighted by Crippen LogP contribution is -2.38. The van der Waals surface area contributed by atoms with Gasteiger partial charge in [-0.1, -0.05) is 13.8 Å². The number of hydrogen-bond acceptors (Lipinski definition) is 4. The fraction of sp³-hybridized carbons (Fsp3) is 0.833. The molecule has 0 aromatic rings. The van der Waals surface area contributed by atoms with Crippen molar-refractivity contribution in [2.45, 2.75) is 39.7 Å². The van der Waals surface area contributed by atoms with Crippen molar-refractivity contribution in [2.24, 2.45) is 5.92 Å². The van der Waals surface area contributed by atoms with Gasteiger partial charge in [0.25, 0.3) is 0 Å². The van der Waals surface area contributed by atoms with Crippen molar-refractivity contribution in [1.82, 2.24) is 4.90 Å². The summed E-state index contributed by atoms with van der Waals surface area (Å²) in [6, 6.07) is 2.26. The Morgan fingerprint density at radius 3 is 2.50 bits per heavy atom. The number of carbonyl (C=O) groups excluding carboxylic acids is 1. The Kier molecular flexibility index (Phi) is 7.57. The molecule has 0 aliphatic rings. The summed E-state index contributed by atoms with van der Waals surface area (Å²) in [4.78, 5) is 13.3. The molecule has 0 aromatic carbocycles. The first-order valence-electron chi connectivity index (χ1n) is 5.69. The van der Waals surface area contributed by atoms with Crippen molar-refractivity contribution >= 4 is 5.97 Å². The number of nitriles is 1. The molecule has 0 bridgehead atoms. The van der Waals surface area contributed by atoms with Crippen LogP contribution in [-0.2, 0) is 9.53 Å². The fourth-order valence-electron chi connectivity index (χ4n) is 1.61. The number of hydrogen-bond donors (Lipinski definition) is 0. The van der Waals surface area contributed by atoms with Gasteiger partial charge in [-0.25, -0.2) is 0 Å². The van der Waals surface area contributed by atoms with Crippen LogP contribution in [0.3, 0.4) is 0 Å². The number of carbonyl (C=O) groups is 1. The third kappa shape index (κ3) is 6.41. The Balaban J connectivity index is 4.25. The van der Waals surface area contributed by atoms with Gasteiger partial charge in [-0.3, -0.25) is 9.69 Å². The number of methoxy groups -OCH3 is 1. The monoisotopic (exact) mass is 226 g/mol. The molecular formula is C12H22N2O2. The van der Waals surface area contributed by atoms with Crippen LogP contribution in [0.4, 0.5) is 0 Å². The quantitative estimate of drug-likeness (QED) is 0.621. The maximum atomic E-state index is 11.2. The minimum Gasteiger partial charge on any atom is -0.469 e. The van der Waals surface area contributed by atoms with E-state index in [1.807, 2.05) is 6.92 Å². The molecule has 0 N–H and O–H groups in total. The molecule has 0 heterocycles. The van der Waals surface area contributed by atoms with E-state index in [9.17, 15) is 4.79 Å². The van der Waals surface area contributed by atoms with Crippen LogP contribution < -0.4 is 0 Å². The highest BCUT2D eigenvalue weighted by Gasteiger charge is 2.18. The first-order valence-corrected chi connectivity index (χ1v) is 5.69. The van der Waals surface area contributed by atoms with Gasteiger partial charge in [0.15, 0.2) is 0 Å². The molecule has 0 saturated carbocycles. The lowest BCUT2D eigenvalue weighted by Gasteiger charge is -2.29. The van der Waals surface area contributed by atoms with Gasteiger partial charge in [-0.05, 0) is 12.8 Å². The van der Waals surface area contributed by atoms with Crippen molar-refractivity contribution in [2.75, 3.05) is 20.2 Å². The molecule has 0 rings (SSSR count). The first-order chi connectivity index (χ1) is 7.51. The van der Waals surface area contributed by atoms with E-state index in [0.29, 0.717) is 25.3 Å². The predicted molar refractivity (Wildman–Crippen MR) is 62.7 cm³/mol. The molecule has 1 atom stereocenters. The lowest BCUT2D eigenvalue weighted by atomic mass is 10.1. The van der Waals surface area contributed by atoms with Crippen LogP contribution in [-0.4, -0.2) is 37.1 Å². The van der Waals surface area contributed by atoms with Crippen molar-refractivity contribution in [3.8, 4) is 6.07 Å². The molecule has 0 amide bonds. The van der Waals surface area contributed by atoms with Gasteiger partial charge in [-0.15, -0.1) is 0 Å². The van der Waals surface area contributed by atoms with Crippen LogP contribution in [0.15, 0.2) is 0 Å². The van der Waals surface area contributed by atoms with Gasteiger partial charge >= 0.3 is 5.97 Å². The minimum atomic E-state index is -0.196. The van der Waals surface area contributed by atoms with Crippen LogP contribution in [0.1, 0.15) is 33.6 Å². The van der Waals surface area contributed by atoms with E-state index in [1.54, 1.807) is 0 Å². The number of ether oxygens (including phenoxy) is 1. The van der Waals surface area contributed by atoms with Gasteiger partial charge in [0, 0.05) is 25.6 Å². The Morgan fingerprint density at radius 2 is 2.06 bits per heavy atom. The highest BCUT2D eigenvalue weighted by molar-refractivity contribution is 5.69. The van der Waals surface area contributed by atoms with Crippen LogP contribution in [0.2, 0.25) is 0 Å². The molecule has 0 aromatic heterocycles. The lowest BCUT2D eigenvalue weighted by molar-refractivity contribution is -0.141. The molecule has 0 radical (unpaired) electrons. The summed E-state index contributed by atoms with van der Waals surface area (Å²) in [5, 5.41) is 8.59. The zero-order chi connectivity index (χ0) is 12.6. The molecular weight excluding hydrogens is 204 g/mol. The highest BCUT2D eigenvalue weighted by Crippen LogP contribution is 2.09. The van der Waals surface area contributed by atoms with Crippen molar-refractivity contribution < 1.29 is 9.53 Å². The second-order valence-electron chi connectivity index (χ2n) is 4.43. The van der Waals surface area contributed by atoms with Gasteiger partial charge < -0.3 is 4.74 Å². The molecule has 0 fully saturated rings. The van der Waals surface area contributed by atoms with E-state index in [-0.39, 0.29) is 12.0 Å². The smallest absolute Gasteiger partial charge is 0.307 e. The molecule has 4 heteroatoms. The second-order valence-corrected chi connectivity index (χ2v) is 4.43. The van der Waals surface area contributed by atoms with E-state index in [0.717, 1.165) is 6.54 Å². The normalized spacial score (nSPS) is 12.6. The summed E-state index contributed by atoms with van der Waals surface area (Å²) in [6.45, 7) is 7.87. The van der Waals surface area contributed by atoms with Gasteiger partial charge in [0.05, 0.1) is 19.6 Å². The Labute approximate surface area is 98.2 Å². The third-order valence-electron chi connectivity index (χ3n) is 2.42. The Bertz CT molecular complexity index is 246. The van der Waals surface area contributed by atoms with E-state index in [1.165, 1.54) is 7.11 Å². The zero-order valence-electron chi connectivity index (χ0n) is 10.7. The topological polar surface area (TPSA) is 53.3 Å². The van der Waals surface area contributed by atoms with E-state index in [2.05, 4.69) is 29.6 Å². The number of rotatable bonds is 7. The zero-order valence-corrected chi connectivity index (χ0v) is 10.7. The maximum Gasteiger partial charge on any atom is 0.307 e. The van der Waals surface area contributed by atoms with Gasteiger partial charge in [0.1, 0.15) is 0 Å². The van der Waals surface area contributed by atoms with E-state index < -0.39 is 0 Å². The Morgan fingerprint density at radius 1 is 1.44 bits per heavy atom. The van der Waals surface area contributed by atoms with Crippen LogP contribution >= 0.6 is 0 Å². The summed E-state index contributed by atoms with van der Waals surface area (Å²) >= 11 is 0. The molecule has 4 nitrogen and oxygen atoms in total. The van der Waals surface area contributed by atoms with Crippen molar-refractivity contribution in [3.05, 3.63) is 0 Å². The average Bonchev–Trinajstić information content (AvgIpc) is 2.23. The summed E-state index contributed by atoms with van der Waals surface area (Å²) in [5.74, 6) is 0.331. The molecule has 0 spiro atoms. The van der Waals surface area contributed by atoms with Crippen molar-refractivity contribution in [3.63, 3.8) is 0 Å². The minimum absolute atomic E-state index is 0.128. The van der Waals surface area contributed by atoms with Crippen LogP contribution in [0.25, 0.3) is 0 Å². The predicted octanol–water partition coefficient (Wildman–Crippen LogP) is 1.81. The molecule has 92 valence electrons. The van der Waals surface area contributed by atoms with Crippen molar-refractivity contribution in [1.29, 1.82) is 5.26 Å². The van der Waals surface area contributed by atoms with Gasteiger partial charge in [0.2, 0.25) is 0 Å². The molecule has 0 saturated heterocycles. The highest BCUT2D eigenvalue weighted by atomic mass is 16.5. The van der Waals surface area contributed by atoms with Gasteiger partial charge in [-0.2, -0.15) is 5.26 Å². The largest absolute Gasteiger partial charge is 0.469 e. The first kappa shape index (κ1) is 14.9. The van der Waals surface area contributed by atoms with Crippen LogP contribution in [0.5, 0.6) is 0 Å². The summed E-state index contributed by atoms with van der Waals surface area (Å²) < 4.78 is 4.65. The molecule has 16 heavy (non-hydrogen) atoms. The number of esters is 1. The second kappa shape index (κ2) is 8.12. The summed E-state index contributed by atoms with van der Waals surface area (Å²) in [5.41, 5.74) is 0. The van der Waals surface area contributed by atoms with E-state index >= 15 is 0 Å². The molecule has 0 aliphatic heterocycles. The third-order valence-corrected chi connectivity index (χ3v) is 2.42. The van der Waals surface area contributed by atoms with E-state index in [4.69, 9.17) is 5.26 Å². The average molecular weight is 226 g/mol. The molecule has 0 aliphatic carbocycles. The molecule has 1 unspecified atom stereocenters. The summed E-state index contributed by atoms with van der Waals surface area (Å²) in [6.07, 6.45) is 0.882. The standard InChI is InChI=1S/C12H22N2O2/c1-10(2)9-14(7-5-6-13)11(3)8-12(15)16-4/h10-11H,5,7-9H2,1-4H3. The summed E-state index contributed by atoms with van der Waals surface area (Å²) in [7, 11) is 1.40.